The van der Waals surface area contributed by atoms with Crippen molar-refractivity contribution in [2.24, 2.45) is 23.7 Å². The average Bonchev–Trinajstić information content (AvgIpc) is 2.71. The van der Waals surface area contributed by atoms with E-state index in [1.807, 2.05) is 6.92 Å². The van der Waals surface area contributed by atoms with Gasteiger partial charge in [0.25, 0.3) is 5.91 Å². The molecule has 5 aliphatic rings. The third-order valence-electron chi connectivity index (χ3n) is 7.90. The van der Waals surface area contributed by atoms with Gasteiger partial charge in [-0.05, 0) is 80.4 Å². The molecule has 1 N–H and O–H groups in total. The van der Waals surface area contributed by atoms with E-state index in [2.05, 4.69) is 10.2 Å². The Labute approximate surface area is 171 Å². The molecule has 29 heavy (non-hydrogen) atoms. The fourth-order valence-corrected chi connectivity index (χ4v) is 6.58. The van der Waals surface area contributed by atoms with Crippen molar-refractivity contribution in [3.8, 4) is 0 Å². The molecule has 4 bridgehead atoms. The first-order valence-electron chi connectivity index (χ1n) is 11.1. The second-order valence-electron chi connectivity index (χ2n) is 9.67. The van der Waals surface area contributed by atoms with E-state index in [9.17, 15) is 13.6 Å². The van der Waals surface area contributed by atoms with Crippen molar-refractivity contribution >= 4 is 5.91 Å². The highest BCUT2D eigenvalue weighted by molar-refractivity contribution is 5.81. The minimum absolute atomic E-state index is 0.00957. The summed E-state index contributed by atoms with van der Waals surface area (Å²) in [6.07, 6.45) is 5.96. The number of ether oxygens (including phenoxy) is 1. The summed E-state index contributed by atoms with van der Waals surface area (Å²) in [5, 5.41) is 3.35. The molecule has 158 valence electrons. The van der Waals surface area contributed by atoms with Crippen LogP contribution in [0.4, 0.5) is 8.78 Å². The zero-order valence-corrected chi connectivity index (χ0v) is 16.9. The van der Waals surface area contributed by atoms with Crippen LogP contribution < -0.4 is 5.32 Å². The molecule has 6 heteroatoms. The van der Waals surface area contributed by atoms with Crippen molar-refractivity contribution in [3.05, 3.63) is 35.4 Å². The maximum atomic E-state index is 13.6. The molecule has 1 heterocycles. The van der Waals surface area contributed by atoms with Gasteiger partial charge in [-0.2, -0.15) is 0 Å². The van der Waals surface area contributed by atoms with Gasteiger partial charge in [0.2, 0.25) is 0 Å². The normalized spacial score (nSPS) is 37.5. The standard InChI is InChI=1S/C23H30F2N2O2/c1-13(16-2-3-19(24)20(25)11-16)27-4-5-29-21(12-27)23(28)26-22-17-7-14-6-15(9-17)10-18(22)8-14/h2-3,11,13-15,17-18,21-22H,4-10,12H2,1H3,(H,26,28). The Morgan fingerprint density at radius 3 is 2.45 bits per heavy atom. The van der Waals surface area contributed by atoms with Crippen LogP contribution in [0.15, 0.2) is 18.2 Å². The fourth-order valence-electron chi connectivity index (χ4n) is 6.58. The van der Waals surface area contributed by atoms with Crippen molar-refractivity contribution in [3.63, 3.8) is 0 Å². The fraction of sp³-hybridized carbons (Fsp3) is 0.696. The van der Waals surface area contributed by atoms with Crippen LogP contribution in [0.5, 0.6) is 0 Å². The van der Waals surface area contributed by atoms with E-state index in [1.54, 1.807) is 6.07 Å². The zero-order valence-electron chi connectivity index (χ0n) is 16.9. The molecule has 1 aromatic carbocycles. The molecule has 6 rings (SSSR count). The van der Waals surface area contributed by atoms with Crippen LogP contribution in [0.25, 0.3) is 0 Å². The third-order valence-corrected chi connectivity index (χ3v) is 7.90. The summed E-state index contributed by atoms with van der Waals surface area (Å²) in [6.45, 7) is 3.57. The quantitative estimate of drug-likeness (QED) is 0.833. The van der Waals surface area contributed by atoms with Crippen LogP contribution in [-0.4, -0.2) is 42.6 Å². The van der Waals surface area contributed by atoms with Crippen molar-refractivity contribution < 1.29 is 18.3 Å². The van der Waals surface area contributed by atoms with Crippen LogP contribution >= 0.6 is 0 Å². The summed E-state index contributed by atoms with van der Waals surface area (Å²) in [4.78, 5) is 15.1. The highest BCUT2D eigenvalue weighted by Gasteiger charge is 2.49. The number of amides is 1. The van der Waals surface area contributed by atoms with Gasteiger partial charge in [-0.15, -0.1) is 0 Å². The number of carbonyl (C=O) groups excluding carboxylic acids is 1. The second kappa shape index (κ2) is 7.62. The molecule has 2 atom stereocenters. The first kappa shape index (κ1) is 19.4. The molecular weight excluding hydrogens is 374 g/mol. The summed E-state index contributed by atoms with van der Waals surface area (Å²) in [5.74, 6) is 1.35. The summed E-state index contributed by atoms with van der Waals surface area (Å²) in [7, 11) is 0. The number of benzene rings is 1. The minimum atomic E-state index is -0.837. The Morgan fingerprint density at radius 2 is 1.79 bits per heavy atom. The van der Waals surface area contributed by atoms with E-state index >= 15 is 0 Å². The summed E-state index contributed by atoms with van der Waals surface area (Å²) in [5.41, 5.74) is 0.714. The second-order valence-corrected chi connectivity index (χ2v) is 9.67. The lowest BCUT2D eigenvalue weighted by atomic mass is 9.54. The van der Waals surface area contributed by atoms with Crippen molar-refractivity contribution in [1.82, 2.24) is 10.2 Å². The number of nitrogens with zero attached hydrogens (tertiary/aromatic N) is 1. The van der Waals surface area contributed by atoms with Crippen LogP contribution in [0.3, 0.4) is 0 Å². The van der Waals surface area contributed by atoms with E-state index in [1.165, 1.54) is 38.2 Å². The molecule has 1 amide bonds. The summed E-state index contributed by atoms with van der Waals surface area (Å²) >= 11 is 0. The van der Waals surface area contributed by atoms with Gasteiger partial charge in [-0.1, -0.05) is 6.07 Å². The van der Waals surface area contributed by atoms with Crippen molar-refractivity contribution in [2.45, 2.75) is 57.2 Å². The Kier molecular flexibility index (Phi) is 5.11. The smallest absolute Gasteiger partial charge is 0.250 e. The number of rotatable bonds is 4. The average molecular weight is 405 g/mol. The van der Waals surface area contributed by atoms with E-state index in [4.69, 9.17) is 4.74 Å². The lowest BCUT2D eigenvalue weighted by Gasteiger charge is -2.54. The van der Waals surface area contributed by atoms with Crippen LogP contribution in [-0.2, 0) is 9.53 Å². The molecule has 5 fully saturated rings. The van der Waals surface area contributed by atoms with E-state index in [-0.39, 0.29) is 11.9 Å². The topological polar surface area (TPSA) is 41.6 Å². The number of nitrogens with one attached hydrogen (secondary N) is 1. The highest BCUT2D eigenvalue weighted by Crippen LogP contribution is 2.53. The maximum Gasteiger partial charge on any atom is 0.250 e. The SMILES string of the molecule is CC(c1ccc(F)c(F)c1)N1CCOC(C(=O)NC2C3CC4CC(C3)CC2C4)C1. The summed E-state index contributed by atoms with van der Waals surface area (Å²) < 4.78 is 32.7. The lowest BCUT2D eigenvalue weighted by Crippen LogP contribution is -2.59. The number of halogens is 2. The van der Waals surface area contributed by atoms with Gasteiger partial charge in [-0.25, -0.2) is 8.78 Å². The molecule has 2 unspecified atom stereocenters. The van der Waals surface area contributed by atoms with Crippen molar-refractivity contribution in [2.75, 3.05) is 19.7 Å². The Morgan fingerprint density at radius 1 is 1.10 bits per heavy atom. The van der Waals surface area contributed by atoms with Gasteiger partial charge < -0.3 is 10.1 Å². The first-order chi connectivity index (χ1) is 14.0. The molecule has 0 spiro atoms. The molecule has 0 aromatic heterocycles. The van der Waals surface area contributed by atoms with Crippen molar-refractivity contribution in [1.29, 1.82) is 0 Å². The number of carbonyl (C=O) groups is 1. The van der Waals surface area contributed by atoms with Gasteiger partial charge in [0.15, 0.2) is 11.6 Å². The van der Waals surface area contributed by atoms with Gasteiger partial charge in [-0.3, -0.25) is 9.69 Å². The number of hydrogen-bond donors (Lipinski definition) is 1. The Bertz CT molecular complexity index is 758. The molecule has 1 aromatic rings. The Balaban J connectivity index is 1.22. The monoisotopic (exact) mass is 404 g/mol. The minimum Gasteiger partial charge on any atom is -0.366 e. The maximum absolute atomic E-state index is 13.6. The Hall–Kier alpha value is -1.53. The number of hydrogen-bond acceptors (Lipinski definition) is 3. The van der Waals surface area contributed by atoms with Crippen LogP contribution in [0.2, 0.25) is 0 Å². The molecule has 4 saturated carbocycles. The predicted molar refractivity (Wildman–Crippen MR) is 105 cm³/mol. The molecule has 4 aliphatic carbocycles. The van der Waals surface area contributed by atoms with E-state index < -0.39 is 17.7 Å². The molecule has 1 saturated heterocycles. The largest absolute Gasteiger partial charge is 0.366 e. The van der Waals surface area contributed by atoms with E-state index in [0.717, 1.165) is 17.9 Å². The van der Waals surface area contributed by atoms with Gasteiger partial charge in [0.1, 0.15) is 6.10 Å². The van der Waals surface area contributed by atoms with Crippen LogP contribution in [0, 0.1) is 35.3 Å². The summed E-state index contributed by atoms with van der Waals surface area (Å²) in [6, 6.07) is 4.22. The molecule has 0 radical (unpaired) electrons. The first-order valence-corrected chi connectivity index (χ1v) is 11.1. The lowest BCUT2D eigenvalue weighted by molar-refractivity contribution is -0.143. The third kappa shape index (κ3) is 3.70. The molecular formula is C23H30F2N2O2. The number of morpholine rings is 1. The van der Waals surface area contributed by atoms with E-state index in [0.29, 0.717) is 43.1 Å². The van der Waals surface area contributed by atoms with Gasteiger partial charge in [0, 0.05) is 25.2 Å². The van der Waals surface area contributed by atoms with Crippen LogP contribution in [0.1, 0.15) is 50.6 Å². The van der Waals surface area contributed by atoms with Gasteiger partial charge >= 0.3 is 0 Å². The highest BCUT2D eigenvalue weighted by atomic mass is 19.2. The molecule has 4 nitrogen and oxygen atoms in total. The van der Waals surface area contributed by atoms with Gasteiger partial charge in [0.05, 0.1) is 6.61 Å². The molecule has 1 aliphatic heterocycles. The zero-order chi connectivity index (χ0) is 20.1. The predicted octanol–water partition coefficient (Wildman–Crippen LogP) is 3.67.